The van der Waals surface area contributed by atoms with Gasteiger partial charge in [0.1, 0.15) is 6.61 Å². The summed E-state index contributed by atoms with van der Waals surface area (Å²) in [6, 6.07) is 19.8. The largest absolute Gasteiger partial charge is 0.449 e. The summed E-state index contributed by atoms with van der Waals surface area (Å²) in [5.41, 5.74) is 3.90. The lowest BCUT2D eigenvalue weighted by Gasteiger charge is -2.18. The van der Waals surface area contributed by atoms with Crippen molar-refractivity contribution in [3.8, 4) is 11.1 Å². The molecule has 2 N–H and O–H groups in total. The van der Waals surface area contributed by atoms with Crippen molar-refractivity contribution in [3.63, 3.8) is 0 Å². The van der Waals surface area contributed by atoms with Gasteiger partial charge in [-0.25, -0.2) is 9.18 Å². The number of alkyl carbamates (subject to hydrolysis) is 1. The van der Waals surface area contributed by atoms with Gasteiger partial charge in [0.15, 0.2) is 5.82 Å². The van der Waals surface area contributed by atoms with Crippen molar-refractivity contribution in [2.45, 2.75) is 18.9 Å². The molecule has 1 amide bonds. The SMILES string of the molecule is CC(NC(=O)OCC1c2ccccc2-c2ccccc21)c1[nH]c(=O)c2c(Cl)cccc2c1F. The van der Waals surface area contributed by atoms with Crippen LogP contribution in [0.2, 0.25) is 5.02 Å². The number of carbonyl (C=O) groups excluding carboxylic acids is 1. The van der Waals surface area contributed by atoms with Crippen LogP contribution in [0.5, 0.6) is 0 Å². The Labute approximate surface area is 194 Å². The zero-order valence-electron chi connectivity index (χ0n) is 17.7. The number of ether oxygens (including phenoxy) is 1. The summed E-state index contributed by atoms with van der Waals surface area (Å²) in [6.07, 6.45) is -0.698. The second kappa shape index (κ2) is 8.37. The van der Waals surface area contributed by atoms with E-state index in [2.05, 4.69) is 22.4 Å². The van der Waals surface area contributed by atoms with Crippen LogP contribution in [0.3, 0.4) is 0 Å². The van der Waals surface area contributed by atoms with Gasteiger partial charge in [-0.1, -0.05) is 72.3 Å². The molecule has 5 nitrogen and oxygen atoms in total. The van der Waals surface area contributed by atoms with Crippen molar-refractivity contribution < 1.29 is 13.9 Å². The van der Waals surface area contributed by atoms with Gasteiger partial charge in [-0.15, -0.1) is 0 Å². The predicted molar refractivity (Wildman–Crippen MR) is 126 cm³/mol. The second-order valence-corrected chi connectivity index (χ2v) is 8.44. The molecule has 5 rings (SSSR count). The number of H-pyrrole nitrogens is 1. The van der Waals surface area contributed by atoms with Crippen molar-refractivity contribution in [2.24, 2.45) is 0 Å². The zero-order valence-corrected chi connectivity index (χ0v) is 18.4. The summed E-state index contributed by atoms with van der Waals surface area (Å²) in [7, 11) is 0. The van der Waals surface area contributed by atoms with E-state index in [1.807, 2.05) is 36.4 Å². The Hall–Kier alpha value is -3.64. The van der Waals surface area contributed by atoms with Crippen LogP contribution >= 0.6 is 11.6 Å². The molecule has 0 bridgehead atoms. The average molecular weight is 463 g/mol. The Morgan fingerprint density at radius 2 is 1.70 bits per heavy atom. The van der Waals surface area contributed by atoms with E-state index in [9.17, 15) is 9.59 Å². The number of amides is 1. The van der Waals surface area contributed by atoms with Crippen LogP contribution < -0.4 is 10.9 Å². The highest BCUT2D eigenvalue weighted by Crippen LogP contribution is 2.44. The normalized spacial score (nSPS) is 13.4. The molecule has 1 heterocycles. The minimum absolute atomic E-state index is 0.0386. The molecular formula is C26H20ClFN2O3. The molecule has 1 aromatic heterocycles. The first-order valence-electron chi connectivity index (χ1n) is 10.6. The summed E-state index contributed by atoms with van der Waals surface area (Å²) in [5, 5.41) is 2.95. The molecule has 1 aliphatic rings. The Balaban J connectivity index is 1.34. The van der Waals surface area contributed by atoms with E-state index < -0.39 is 23.5 Å². The van der Waals surface area contributed by atoms with E-state index in [1.54, 1.807) is 13.0 Å². The molecule has 1 atom stereocenters. The van der Waals surface area contributed by atoms with Crippen LogP contribution in [0, 0.1) is 5.82 Å². The number of fused-ring (bicyclic) bond motifs is 4. The standard InChI is InChI=1S/C26H20ClFN2O3/c1-14(24-23(28)19-11-6-12-21(27)22(19)25(31)30-24)29-26(32)33-13-20-17-9-4-2-7-15(17)16-8-3-5-10-18(16)20/h2-12,14,20H,13H2,1H3,(H,29,32)(H,30,31). The number of halogens is 2. The van der Waals surface area contributed by atoms with Gasteiger partial charge in [-0.2, -0.15) is 0 Å². The van der Waals surface area contributed by atoms with E-state index >= 15 is 4.39 Å². The van der Waals surface area contributed by atoms with Crippen molar-refractivity contribution in [3.05, 3.63) is 105 Å². The van der Waals surface area contributed by atoms with E-state index in [0.717, 1.165) is 22.3 Å². The van der Waals surface area contributed by atoms with E-state index in [-0.39, 0.29) is 34.0 Å². The Kier molecular flexibility index (Phi) is 5.38. The quantitative estimate of drug-likeness (QED) is 0.395. The number of hydrogen-bond donors (Lipinski definition) is 2. The number of pyridine rings is 1. The van der Waals surface area contributed by atoms with Gasteiger partial charge in [0.05, 0.1) is 22.1 Å². The minimum atomic E-state index is -0.822. The lowest BCUT2D eigenvalue weighted by molar-refractivity contribution is 0.139. The van der Waals surface area contributed by atoms with Crippen molar-refractivity contribution in [1.29, 1.82) is 0 Å². The van der Waals surface area contributed by atoms with Gasteiger partial charge in [0.25, 0.3) is 5.56 Å². The number of aromatic amines is 1. The topological polar surface area (TPSA) is 71.2 Å². The maximum Gasteiger partial charge on any atom is 0.407 e. The van der Waals surface area contributed by atoms with Crippen LogP contribution in [0.1, 0.15) is 35.7 Å². The fraction of sp³-hybridized carbons (Fsp3) is 0.154. The first-order chi connectivity index (χ1) is 16.0. The van der Waals surface area contributed by atoms with E-state index in [0.29, 0.717) is 0 Å². The maximum atomic E-state index is 15.1. The van der Waals surface area contributed by atoms with Crippen molar-refractivity contribution >= 4 is 28.5 Å². The molecule has 7 heteroatoms. The van der Waals surface area contributed by atoms with Gasteiger partial charge < -0.3 is 15.0 Å². The maximum absolute atomic E-state index is 15.1. The first-order valence-corrected chi connectivity index (χ1v) is 10.9. The molecule has 0 fully saturated rings. The highest BCUT2D eigenvalue weighted by molar-refractivity contribution is 6.35. The van der Waals surface area contributed by atoms with Gasteiger partial charge in [0.2, 0.25) is 0 Å². The van der Waals surface area contributed by atoms with Crippen LogP contribution in [0.25, 0.3) is 21.9 Å². The molecule has 1 aliphatic carbocycles. The zero-order chi connectivity index (χ0) is 23.1. The molecule has 4 aromatic rings. The summed E-state index contributed by atoms with van der Waals surface area (Å²) >= 11 is 6.05. The number of carbonyl (C=O) groups is 1. The second-order valence-electron chi connectivity index (χ2n) is 8.04. The number of hydrogen-bond acceptors (Lipinski definition) is 3. The highest BCUT2D eigenvalue weighted by Gasteiger charge is 2.29. The monoisotopic (exact) mass is 462 g/mol. The van der Waals surface area contributed by atoms with Crippen molar-refractivity contribution in [1.82, 2.24) is 10.3 Å². The molecular weight excluding hydrogens is 443 g/mol. The molecule has 0 spiro atoms. The third-order valence-corrected chi connectivity index (χ3v) is 6.39. The lowest BCUT2D eigenvalue weighted by Crippen LogP contribution is -2.31. The Morgan fingerprint density at radius 1 is 1.06 bits per heavy atom. The van der Waals surface area contributed by atoms with Gasteiger partial charge in [-0.05, 0) is 35.2 Å². The summed E-state index contributed by atoms with van der Waals surface area (Å²) in [5.74, 6) is -0.726. The fourth-order valence-electron chi connectivity index (χ4n) is 4.51. The highest BCUT2D eigenvalue weighted by atomic mass is 35.5. The molecule has 1 unspecified atom stereocenters. The fourth-order valence-corrected chi connectivity index (χ4v) is 4.77. The van der Waals surface area contributed by atoms with Gasteiger partial charge >= 0.3 is 6.09 Å². The third-order valence-electron chi connectivity index (χ3n) is 6.07. The summed E-state index contributed by atoms with van der Waals surface area (Å²) in [4.78, 5) is 27.5. The molecule has 3 aromatic carbocycles. The third kappa shape index (κ3) is 3.66. The summed E-state index contributed by atoms with van der Waals surface area (Å²) < 4.78 is 20.6. The van der Waals surface area contributed by atoms with Gasteiger partial charge in [0, 0.05) is 11.3 Å². The number of benzene rings is 3. The molecule has 0 aliphatic heterocycles. The molecule has 166 valence electrons. The van der Waals surface area contributed by atoms with Crippen LogP contribution in [0.15, 0.2) is 71.5 Å². The van der Waals surface area contributed by atoms with Crippen LogP contribution in [-0.2, 0) is 4.74 Å². The number of aromatic nitrogens is 1. The Morgan fingerprint density at radius 3 is 2.36 bits per heavy atom. The lowest BCUT2D eigenvalue weighted by atomic mass is 9.98. The minimum Gasteiger partial charge on any atom is -0.449 e. The molecule has 0 saturated heterocycles. The van der Waals surface area contributed by atoms with Crippen LogP contribution in [0.4, 0.5) is 9.18 Å². The van der Waals surface area contributed by atoms with Crippen LogP contribution in [-0.4, -0.2) is 17.7 Å². The van der Waals surface area contributed by atoms with E-state index in [1.165, 1.54) is 12.1 Å². The molecule has 0 saturated carbocycles. The molecule has 0 radical (unpaired) electrons. The average Bonchev–Trinajstić information content (AvgIpc) is 3.13. The van der Waals surface area contributed by atoms with E-state index in [4.69, 9.17) is 16.3 Å². The Bertz CT molecular complexity index is 1400. The van der Waals surface area contributed by atoms with Gasteiger partial charge in [-0.3, -0.25) is 4.79 Å². The smallest absolute Gasteiger partial charge is 0.407 e. The first kappa shape index (κ1) is 21.2. The number of nitrogens with one attached hydrogen (secondary N) is 2. The predicted octanol–water partition coefficient (Wildman–Crippen LogP) is 5.92. The van der Waals surface area contributed by atoms with Crippen molar-refractivity contribution in [2.75, 3.05) is 6.61 Å². The molecule has 33 heavy (non-hydrogen) atoms. The number of rotatable bonds is 4. The summed E-state index contributed by atoms with van der Waals surface area (Å²) in [6.45, 7) is 1.71.